The second kappa shape index (κ2) is 7.23. The standard InChI is InChI=1S/C17H21ClN4O2/c1-12-11-16(20-24-12)19-17(23)13(2)21-7-9-22(10-8-21)15-6-4-3-5-14(15)18/h3-6,11,13H,7-10H2,1-2H3,(H,19,20,23)/t13-/m0/s1. The van der Waals surface area contributed by atoms with Crippen molar-refractivity contribution < 1.29 is 9.32 Å². The molecule has 24 heavy (non-hydrogen) atoms. The van der Waals surface area contributed by atoms with Crippen LogP contribution in [0.1, 0.15) is 12.7 Å². The van der Waals surface area contributed by atoms with Crippen molar-refractivity contribution in [3.8, 4) is 0 Å². The van der Waals surface area contributed by atoms with Gasteiger partial charge < -0.3 is 14.7 Å². The van der Waals surface area contributed by atoms with E-state index in [0.29, 0.717) is 11.6 Å². The smallest absolute Gasteiger partial charge is 0.242 e. The molecule has 1 aromatic heterocycles. The summed E-state index contributed by atoms with van der Waals surface area (Å²) < 4.78 is 4.97. The minimum Gasteiger partial charge on any atom is -0.368 e. The molecule has 0 saturated carbocycles. The normalized spacial score (nSPS) is 16.9. The third kappa shape index (κ3) is 3.71. The van der Waals surface area contributed by atoms with Crippen molar-refractivity contribution in [2.24, 2.45) is 0 Å². The second-order valence-electron chi connectivity index (χ2n) is 5.96. The lowest BCUT2D eigenvalue weighted by molar-refractivity contribution is -0.120. The number of piperazine rings is 1. The SMILES string of the molecule is Cc1cc(NC(=O)[C@H](C)N2CCN(c3ccccc3Cl)CC2)no1. The highest BCUT2D eigenvalue weighted by Crippen LogP contribution is 2.26. The van der Waals surface area contributed by atoms with Crippen LogP contribution in [0.3, 0.4) is 0 Å². The molecule has 0 bridgehead atoms. The van der Waals surface area contributed by atoms with Crippen molar-refractivity contribution in [3.05, 3.63) is 41.1 Å². The predicted molar refractivity (Wildman–Crippen MR) is 94.6 cm³/mol. The van der Waals surface area contributed by atoms with E-state index >= 15 is 0 Å². The molecule has 2 aromatic rings. The van der Waals surface area contributed by atoms with E-state index in [1.165, 1.54) is 0 Å². The van der Waals surface area contributed by atoms with E-state index in [1.807, 2.05) is 31.2 Å². The summed E-state index contributed by atoms with van der Waals surface area (Å²) in [6.07, 6.45) is 0. The highest BCUT2D eigenvalue weighted by atomic mass is 35.5. The Balaban J connectivity index is 1.56. The average molecular weight is 349 g/mol. The minimum atomic E-state index is -0.226. The maximum absolute atomic E-state index is 12.4. The lowest BCUT2D eigenvalue weighted by atomic mass is 10.2. The molecule has 1 aromatic carbocycles. The molecule has 2 heterocycles. The Hall–Kier alpha value is -2.05. The van der Waals surface area contributed by atoms with Crippen LogP contribution in [0.25, 0.3) is 0 Å². The number of nitrogens with zero attached hydrogens (tertiary/aromatic N) is 3. The summed E-state index contributed by atoms with van der Waals surface area (Å²) in [7, 11) is 0. The Kier molecular flexibility index (Phi) is 5.06. The molecule has 1 aliphatic rings. The number of carbonyl (C=O) groups excluding carboxylic acids is 1. The van der Waals surface area contributed by atoms with Gasteiger partial charge in [-0.25, -0.2) is 0 Å². The Morgan fingerprint density at radius 3 is 2.62 bits per heavy atom. The number of benzene rings is 1. The molecule has 1 aliphatic heterocycles. The zero-order valence-corrected chi connectivity index (χ0v) is 14.6. The molecule has 0 unspecified atom stereocenters. The number of rotatable bonds is 4. The van der Waals surface area contributed by atoms with Gasteiger partial charge in [-0.1, -0.05) is 28.9 Å². The summed E-state index contributed by atoms with van der Waals surface area (Å²) in [6, 6.07) is 9.33. The van der Waals surface area contributed by atoms with Crippen LogP contribution in [0.2, 0.25) is 5.02 Å². The molecule has 6 nitrogen and oxygen atoms in total. The fraction of sp³-hybridized carbons (Fsp3) is 0.412. The molecular weight excluding hydrogens is 328 g/mol. The molecule has 1 atom stereocenters. The largest absolute Gasteiger partial charge is 0.368 e. The number of aryl methyl sites for hydroxylation is 1. The highest BCUT2D eigenvalue weighted by molar-refractivity contribution is 6.33. The second-order valence-corrected chi connectivity index (χ2v) is 6.37. The van der Waals surface area contributed by atoms with Gasteiger partial charge in [0.15, 0.2) is 5.82 Å². The van der Waals surface area contributed by atoms with Crippen LogP contribution in [0.4, 0.5) is 11.5 Å². The van der Waals surface area contributed by atoms with E-state index in [1.54, 1.807) is 13.0 Å². The summed E-state index contributed by atoms with van der Waals surface area (Å²) in [4.78, 5) is 16.8. The lowest BCUT2D eigenvalue weighted by Crippen LogP contribution is -2.52. The first-order valence-electron chi connectivity index (χ1n) is 8.02. The number of anilines is 2. The maximum atomic E-state index is 12.4. The Bertz CT molecular complexity index is 710. The molecule has 128 valence electrons. The van der Waals surface area contributed by atoms with Gasteiger partial charge in [-0.2, -0.15) is 0 Å². The zero-order valence-electron chi connectivity index (χ0n) is 13.8. The van der Waals surface area contributed by atoms with Crippen LogP contribution >= 0.6 is 11.6 Å². The van der Waals surface area contributed by atoms with E-state index < -0.39 is 0 Å². The number of hydrogen-bond acceptors (Lipinski definition) is 5. The predicted octanol–water partition coefficient (Wildman–Crippen LogP) is 2.79. The van der Waals surface area contributed by atoms with Crippen molar-refractivity contribution in [2.75, 3.05) is 36.4 Å². The van der Waals surface area contributed by atoms with Crippen molar-refractivity contribution >= 4 is 29.0 Å². The van der Waals surface area contributed by atoms with Crippen molar-refractivity contribution in [3.63, 3.8) is 0 Å². The van der Waals surface area contributed by atoms with Crippen molar-refractivity contribution in [1.29, 1.82) is 0 Å². The molecular formula is C17H21ClN4O2. The number of carbonyl (C=O) groups is 1. The van der Waals surface area contributed by atoms with Crippen LogP contribution in [0.5, 0.6) is 0 Å². The summed E-state index contributed by atoms with van der Waals surface area (Å²) in [5, 5.41) is 7.35. The molecule has 1 N–H and O–H groups in total. The van der Waals surface area contributed by atoms with Gasteiger partial charge in [0, 0.05) is 32.2 Å². The van der Waals surface area contributed by atoms with Gasteiger partial charge in [-0.05, 0) is 26.0 Å². The number of aromatic nitrogens is 1. The highest BCUT2D eigenvalue weighted by Gasteiger charge is 2.26. The molecule has 0 spiro atoms. The maximum Gasteiger partial charge on any atom is 0.242 e. The first-order chi connectivity index (χ1) is 11.5. The van der Waals surface area contributed by atoms with Gasteiger partial charge in [0.2, 0.25) is 5.91 Å². The topological polar surface area (TPSA) is 61.6 Å². The van der Waals surface area contributed by atoms with Gasteiger partial charge in [-0.15, -0.1) is 0 Å². The van der Waals surface area contributed by atoms with Crippen molar-refractivity contribution in [1.82, 2.24) is 10.1 Å². The van der Waals surface area contributed by atoms with Gasteiger partial charge in [0.1, 0.15) is 5.76 Å². The summed E-state index contributed by atoms with van der Waals surface area (Å²) >= 11 is 6.26. The van der Waals surface area contributed by atoms with Crippen LogP contribution in [0.15, 0.2) is 34.9 Å². The Morgan fingerprint density at radius 2 is 2.00 bits per heavy atom. The van der Waals surface area contributed by atoms with Crippen molar-refractivity contribution in [2.45, 2.75) is 19.9 Å². The summed E-state index contributed by atoms with van der Waals surface area (Å²) in [5.41, 5.74) is 1.05. The Labute approximate surface area is 146 Å². The average Bonchev–Trinajstić information content (AvgIpc) is 2.99. The quantitative estimate of drug-likeness (QED) is 0.920. The fourth-order valence-electron chi connectivity index (χ4n) is 2.88. The number of para-hydroxylation sites is 1. The molecule has 1 fully saturated rings. The van der Waals surface area contributed by atoms with E-state index in [9.17, 15) is 4.79 Å². The van der Waals surface area contributed by atoms with E-state index in [0.717, 1.165) is 36.9 Å². The molecule has 7 heteroatoms. The fourth-order valence-corrected chi connectivity index (χ4v) is 3.14. The molecule has 1 amide bonds. The van der Waals surface area contributed by atoms with Gasteiger partial charge in [0.25, 0.3) is 0 Å². The van der Waals surface area contributed by atoms with Gasteiger partial charge in [0.05, 0.1) is 16.8 Å². The monoisotopic (exact) mass is 348 g/mol. The van der Waals surface area contributed by atoms with Crippen LogP contribution in [-0.4, -0.2) is 48.2 Å². The van der Waals surface area contributed by atoms with E-state index in [2.05, 4.69) is 20.3 Å². The number of nitrogens with one attached hydrogen (secondary N) is 1. The zero-order chi connectivity index (χ0) is 17.1. The third-order valence-electron chi connectivity index (χ3n) is 4.31. The first kappa shape index (κ1) is 16.8. The van der Waals surface area contributed by atoms with Crippen LogP contribution in [0, 0.1) is 6.92 Å². The van der Waals surface area contributed by atoms with E-state index in [4.69, 9.17) is 16.1 Å². The first-order valence-corrected chi connectivity index (χ1v) is 8.40. The van der Waals surface area contributed by atoms with Gasteiger partial charge in [-0.3, -0.25) is 9.69 Å². The number of amides is 1. The van der Waals surface area contributed by atoms with Crippen LogP contribution < -0.4 is 10.2 Å². The third-order valence-corrected chi connectivity index (χ3v) is 4.63. The summed E-state index contributed by atoms with van der Waals surface area (Å²) in [6.45, 7) is 6.98. The molecule has 3 rings (SSSR count). The lowest BCUT2D eigenvalue weighted by Gasteiger charge is -2.38. The van der Waals surface area contributed by atoms with E-state index in [-0.39, 0.29) is 11.9 Å². The minimum absolute atomic E-state index is 0.0745. The van der Waals surface area contributed by atoms with Crippen LogP contribution in [-0.2, 0) is 4.79 Å². The molecule has 0 aliphatic carbocycles. The summed E-state index contributed by atoms with van der Waals surface area (Å²) in [5.74, 6) is 1.06. The molecule has 0 radical (unpaired) electrons. The number of halogens is 1. The molecule has 1 saturated heterocycles. The Morgan fingerprint density at radius 1 is 1.29 bits per heavy atom. The van der Waals surface area contributed by atoms with Gasteiger partial charge >= 0.3 is 0 Å². The number of hydrogen-bond donors (Lipinski definition) is 1.